The summed E-state index contributed by atoms with van der Waals surface area (Å²) in [4.78, 5) is 15.6. The number of nitrogens with zero attached hydrogens (tertiary/aromatic N) is 2. The number of hydrogen-bond acceptors (Lipinski definition) is 3. The van der Waals surface area contributed by atoms with Gasteiger partial charge < -0.3 is 9.14 Å². The van der Waals surface area contributed by atoms with Crippen LogP contribution in [0.5, 0.6) is 0 Å². The van der Waals surface area contributed by atoms with Gasteiger partial charge in [-0.25, -0.2) is 4.98 Å². The van der Waals surface area contributed by atoms with Crippen LogP contribution in [-0.2, 0) is 16.0 Å². The zero-order valence-electron chi connectivity index (χ0n) is 9.03. The number of esters is 1. The van der Waals surface area contributed by atoms with Gasteiger partial charge >= 0.3 is 5.97 Å². The summed E-state index contributed by atoms with van der Waals surface area (Å²) in [7, 11) is 1.38. The first-order valence-electron chi connectivity index (χ1n) is 4.80. The molecule has 5 heteroatoms. The van der Waals surface area contributed by atoms with Gasteiger partial charge in [-0.3, -0.25) is 4.79 Å². The zero-order chi connectivity index (χ0) is 11.7. The topological polar surface area (TPSA) is 43.6 Å². The number of aromatic nitrogens is 2. The van der Waals surface area contributed by atoms with Crippen LogP contribution in [0.1, 0.15) is 11.3 Å². The Bertz CT molecular complexity index is 548. The van der Waals surface area contributed by atoms with Crippen molar-refractivity contribution in [1.82, 2.24) is 9.38 Å². The van der Waals surface area contributed by atoms with Crippen LogP contribution in [0, 0.1) is 6.92 Å². The van der Waals surface area contributed by atoms with Crippen molar-refractivity contribution in [1.29, 1.82) is 0 Å². The van der Waals surface area contributed by atoms with Crippen LogP contribution in [0.2, 0.25) is 0 Å². The number of carbonyl (C=O) groups excluding carboxylic acids is 1. The highest BCUT2D eigenvalue weighted by Gasteiger charge is 2.10. The van der Waals surface area contributed by atoms with Gasteiger partial charge in [0, 0.05) is 22.4 Å². The Labute approximate surface area is 101 Å². The fourth-order valence-electron chi connectivity index (χ4n) is 1.61. The second-order valence-electron chi connectivity index (χ2n) is 3.55. The number of halogens is 1. The third kappa shape index (κ3) is 2.09. The number of fused-ring (bicyclic) bond motifs is 1. The quantitative estimate of drug-likeness (QED) is 0.793. The molecule has 0 bridgehead atoms. The molecule has 0 unspecified atom stereocenters. The van der Waals surface area contributed by atoms with Crippen molar-refractivity contribution in [2.45, 2.75) is 13.3 Å². The van der Waals surface area contributed by atoms with Gasteiger partial charge in [-0.1, -0.05) is 0 Å². The Kier molecular flexibility index (Phi) is 2.96. The van der Waals surface area contributed by atoms with E-state index in [0.717, 1.165) is 21.4 Å². The summed E-state index contributed by atoms with van der Waals surface area (Å²) in [5.41, 5.74) is 2.57. The molecule has 0 saturated heterocycles. The maximum atomic E-state index is 11.3. The first kappa shape index (κ1) is 11.1. The molecule has 0 aliphatic carbocycles. The van der Waals surface area contributed by atoms with Crippen LogP contribution in [0.4, 0.5) is 0 Å². The molecular weight excluding hydrogens is 272 g/mol. The van der Waals surface area contributed by atoms with E-state index in [1.54, 1.807) is 0 Å². The molecule has 2 aromatic heterocycles. The summed E-state index contributed by atoms with van der Waals surface area (Å²) in [6.45, 7) is 1.92. The normalized spacial score (nSPS) is 10.7. The van der Waals surface area contributed by atoms with Gasteiger partial charge in [-0.15, -0.1) is 0 Å². The molecule has 0 radical (unpaired) electrons. The SMILES string of the molecule is COC(=O)Cc1cc(Br)cn2cc(C)nc12. The lowest BCUT2D eigenvalue weighted by atomic mass is 10.2. The molecular formula is C11H11BrN2O2. The molecule has 0 aliphatic rings. The molecule has 2 aromatic rings. The second-order valence-corrected chi connectivity index (χ2v) is 4.47. The van der Waals surface area contributed by atoms with Crippen molar-refractivity contribution < 1.29 is 9.53 Å². The average Bonchev–Trinajstić information content (AvgIpc) is 2.58. The number of hydrogen-bond donors (Lipinski definition) is 0. The molecule has 0 saturated carbocycles. The lowest BCUT2D eigenvalue weighted by Crippen LogP contribution is -2.06. The standard InChI is InChI=1S/C11H11BrN2O2/c1-7-5-14-6-9(12)3-8(11(14)13-7)4-10(15)16-2/h3,5-6H,4H2,1-2H3. The summed E-state index contributed by atoms with van der Waals surface area (Å²) < 4.78 is 7.47. The predicted octanol–water partition coefficient (Wildman–Crippen LogP) is 2.12. The number of methoxy groups -OCH3 is 1. The third-order valence-corrected chi connectivity index (χ3v) is 2.71. The Morgan fingerprint density at radius 3 is 3.00 bits per heavy atom. The lowest BCUT2D eigenvalue weighted by molar-refractivity contribution is -0.139. The summed E-state index contributed by atoms with van der Waals surface area (Å²) in [5, 5.41) is 0. The van der Waals surface area contributed by atoms with Gasteiger partial charge in [-0.05, 0) is 28.9 Å². The Morgan fingerprint density at radius 2 is 2.31 bits per heavy atom. The van der Waals surface area contributed by atoms with Gasteiger partial charge in [0.2, 0.25) is 0 Å². The number of pyridine rings is 1. The summed E-state index contributed by atoms with van der Waals surface area (Å²) in [6, 6.07) is 1.89. The Hall–Kier alpha value is -1.36. The van der Waals surface area contributed by atoms with Gasteiger partial charge in [0.25, 0.3) is 0 Å². The van der Waals surface area contributed by atoms with E-state index >= 15 is 0 Å². The number of rotatable bonds is 2. The Balaban J connectivity index is 2.53. The van der Waals surface area contributed by atoms with Gasteiger partial charge in [0.15, 0.2) is 0 Å². The minimum absolute atomic E-state index is 0.232. The van der Waals surface area contributed by atoms with Crippen molar-refractivity contribution in [3.8, 4) is 0 Å². The second kappa shape index (κ2) is 4.25. The van der Waals surface area contributed by atoms with Gasteiger partial charge in [-0.2, -0.15) is 0 Å². The van der Waals surface area contributed by atoms with E-state index in [2.05, 4.69) is 25.7 Å². The van der Waals surface area contributed by atoms with Crippen LogP contribution in [-0.4, -0.2) is 22.5 Å². The van der Waals surface area contributed by atoms with Crippen LogP contribution in [0.25, 0.3) is 5.65 Å². The first-order valence-corrected chi connectivity index (χ1v) is 5.60. The third-order valence-electron chi connectivity index (χ3n) is 2.28. The van der Waals surface area contributed by atoms with Crippen molar-refractivity contribution >= 4 is 27.5 Å². The highest BCUT2D eigenvalue weighted by Crippen LogP contribution is 2.18. The van der Waals surface area contributed by atoms with Gasteiger partial charge in [0.05, 0.1) is 19.2 Å². The van der Waals surface area contributed by atoms with Crippen LogP contribution in [0.3, 0.4) is 0 Å². The molecule has 2 heterocycles. The van der Waals surface area contributed by atoms with E-state index in [9.17, 15) is 4.79 Å². The van der Waals surface area contributed by atoms with Crippen LogP contribution in [0.15, 0.2) is 22.9 Å². The highest BCUT2D eigenvalue weighted by atomic mass is 79.9. The van der Waals surface area contributed by atoms with Crippen molar-refractivity contribution in [3.63, 3.8) is 0 Å². The summed E-state index contributed by atoms with van der Waals surface area (Å²) in [5.74, 6) is -0.263. The molecule has 2 rings (SSSR count). The minimum atomic E-state index is -0.263. The van der Waals surface area contributed by atoms with Crippen LogP contribution < -0.4 is 0 Å². The molecule has 0 N–H and O–H groups in total. The molecule has 84 valence electrons. The molecule has 0 spiro atoms. The minimum Gasteiger partial charge on any atom is -0.469 e. The monoisotopic (exact) mass is 282 g/mol. The fourth-order valence-corrected chi connectivity index (χ4v) is 2.11. The average molecular weight is 283 g/mol. The summed E-state index contributed by atoms with van der Waals surface area (Å²) in [6.07, 6.45) is 4.06. The summed E-state index contributed by atoms with van der Waals surface area (Å²) >= 11 is 3.40. The maximum absolute atomic E-state index is 11.3. The largest absolute Gasteiger partial charge is 0.469 e. The molecule has 0 atom stereocenters. The number of aryl methyl sites for hydroxylation is 1. The van der Waals surface area contributed by atoms with Crippen molar-refractivity contribution in [3.05, 3.63) is 34.2 Å². The molecule has 16 heavy (non-hydrogen) atoms. The smallest absolute Gasteiger partial charge is 0.310 e. The molecule has 0 amide bonds. The van der Waals surface area contributed by atoms with E-state index in [4.69, 9.17) is 0 Å². The molecule has 4 nitrogen and oxygen atoms in total. The number of imidazole rings is 1. The van der Waals surface area contributed by atoms with E-state index in [1.807, 2.05) is 29.8 Å². The maximum Gasteiger partial charge on any atom is 0.310 e. The molecule has 0 fully saturated rings. The van der Waals surface area contributed by atoms with Crippen LogP contribution >= 0.6 is 15.9 Å². The van der Waals surface area contributed by atoms with Crippen molar-refractivity contribution in [2.75, 3.05) is 7.11 Å². The Morgan fingerprint density at radius 1 is 1.56 bits per heavy atom. The van der Waals surface area contributed by atoms with E-state index in [1.165, 1.54) is 7.11 Å². The zero-order valence-corrected chi connectivity index (χ0v) is 10.6. The van der Waals surface area contributed by atoms with Gasteiger partial charge in [0.1, 0.15) is 5.65 Å². The molecule has 0 aliphatic heterocycles. The van der Waals surface area contributed by atoms with Crippen molar-refractivity contribution in [2.24, 2.45) is 0 Å². The first-order chi connectivity index (χ1) is 7.60. The van der Waals surface area contributed by atoms with E-state index < -0.39 is 0 Å². The van der Waals surface area contributed by atoms with E-state index in [-0.39, 0.29) is 12.4 Å². The number of ether oxygens (including phenoxy) is 1. The molecule has 0 aromatic carbocycles. The number of carbonyl (C=O) groups is 1. The highest BCUT2D eigenvalue weighted by molar-refractivity contribution is 9.10. The lowest BCUT2D eigenvalue weighted by Gasteiger charge is -2.03. The predicted molar refractivity (Wildman–Crippen MR) is 63.3 cm³/mol. The fraction of sp³-hybridized carbons (Fsp3) is 0.273. The van der Waals surface area contributed by atoms with E-state index in [0.29, 0.717) is 0 Å².